The molecule has 0 saturated heterocycles. The van der Waals surface area contributed by atoms with Gasteiger partial charge in [-0.25, -0.2) is 8.42 Å². The van der Waals surface area contributed by atoms with E-state index in [1.54, 1.807) is 19.1 Å². The second-order valence-corrected chi connectivity index (χ2v) is 9.00. The molecular formula is C20H25N3O6S. The number of non-ortho nitro benzene ring substituents is 1. The summed E-state index contributed by atoms with van der Waals surface area (Å²) in [6.07, 6.45) is 0.960. The lowest BCUT2D eigenvalue weighted by atomic mass is 10.2. The van der Waals surface area contributed by atoms with E-state index in [2.05, 4.69) is 5.32 Å². The molecule has 0 saturated carbocycles. The summed E-state index contributed by atoms with van der Waals surface area (Å²) in [5.41, 5.74) is 1.12. The van der Waals surface area contributed by atoms with Gasteiger partial charge in [0, 0.05) is 18.7 Å². The molecule has 0 fully saturated rings. The number of nitro benzene ring substituents is 1. The van der Waals surface area contributed by atoms with Gasteiger partial charge in [-0.05, 0) is 44.0 Å². The average molecular weight is 436 g/mol. The van der Waals surface area contributed by atoms with Crippen LogP contribution in [0.25, 0.3) is 0 Å². The molecule has 9 nitrogen and oxygen atoms in total. The number of carbonyl (C=O) groups excluding carboxylic acids is 1. The van der Waals surface area contributed by atoms with E-state index in [-0.39, 0.29) is 24.0 Å². The van der Waals surface area contributed by atoms with Crippen molar-refractivity contribution in [2.24, 2.45) is 0 Å². The number of ether oxygens (including phenoxy) is 1. The van der Waals surface area contributed by atoms with Crippen molar-refractivity contribution in [3.63, 3.8) is 0 Å². The van der Waals surface area contributed by atoms with Crippen LogP contribution in [0.2, 0.25) is 0 Å². The molecule has 0 spiro atoms. The van der Waals surface area contributed by atoms with Gasteiger partial charge in [0.15, 0.2) is 0 Å². The number of nitrogens with zero attached hydrogens (tertiary/aromatic N) is 2. The van der Waals surface area contributed by atoms with Crippen molar-refractivity contribution in [1.82, 2.24) is 5.32 Å². The molecule has 0 aliphatic rings. The lowest BCUT2D eigenvalue weighted by Crippen LogP contribution is -2.40. The number of nitro groups is 1. The third kappa shape index (κ3) is 6.45. The number of anilines is 1. The minimum Gasteiger partial charge on any atom is -0.491 e. The first kappa shape index (κ1) is 23.1. The molecule has 10 heteroatoms. The fourth-order valence-corrected chi connectivity index (χ4v) is 3.65. The van der Waals surface area contributed by atoms with Crippen LogP contribution < -0.4 is 14.4 Å². The highest BCUT2D eigenvalue weighted by Crippen LogP contribution is 2.27. The third-order valence-electron chi connectivity index (χ3n) is 4.12. The Morgan fingerprint density at radius 3 is 2.53 bits per heavy atom. The van der Waals surface area contributed by atoms with Crippen LogP contribution in [-0.2, 0) is 21.4 Å². The number of sulfonamides is 1. The molecule has 30 heavy (non-hydrogen) atoms. The van der Waals surface area contributed by atoms with Gasteiger partial charge in [0.2, 0.25) is 15.9 Å². The van der Waals surface area contributed by atoms with Crippen LogP contribution in [0.4, 0.5) is 11.4 Å². The zero-order valence-corrected chi connectivity index (χ0v) is 18.1. The van der Waals surface area contributed by atoms with E-state index in [1.165, 1.54) is 12.1 Å². The predicted octanol–water partition coefficient (Wildman–Crippen LogP) is 2.77. The molecule has 0 radical (unpaired) electrons. The SMILES string of the molecule is Cc1ccc([N+](=O)[O-])cc1N(CC(=O)NCc1cccc(OC(C)C)c1)S(C)(=O)=O. The minimum atomic E-state index is -3.85. The van der Waals surface area contributed by atoms with Gasteiger partial charge in [0.1, 0.15) is 12.3 Å². The number of hydrogen-bond donors (Lipinski definition) is 1. The fourth-order valence-electron chi connectivity index (χ4n) is 2.75. The Morgan fingerprint density at radius 1 is 1.23 bits per heavy atom. The van der Waals surface area contributed by atoms with Crippen LogP contribution >= 0.6 is 0 Å². The van der Waals surface area contributed by atoms with Gasteiger partial charge in [-0.1, -0.05) is 18.2 Å². The monoisotopic (exact) mass is 435 g/mol. The highest BCUT2D eigenvalue weighted by Gasteiger charge is 2.24. The number of rotatable bonds is 9. The topological polar surface area (TPSA) is 119 Å². The van der Waals surface area contributed by atoms with E-state index in [0.29, 0.717) is 11.3 Å². The van der Waals surface area contributed by atoms with Gasteiger partial charge in [-0.15, -0.1) is 0 Å². The maximum Gasteiger partial charge on any atom is 0.271 e. The van der Waals surface area contributed by atoms with Crippen molar-refractivity contribution in [2.45, 2.75) is 33.4 Å². The molecule has 0 aliphatic carbocycles. The van der Waals surface area contributed by atoms with E-state index in [0.717, 1.165) is 22.2 Å². The van der Waals surface area contributed by atoms with Crippen LogP contribution in [0, 0.1) is 17.0 Å². The second kappa shape index (κ2) is 9.57. The van der Waals surface area contributed by atoms with E-state index < -0.39 is 27.4 Å². The van der Waals surface area contributed by atoms with E-state index in [9.17, 15) is 23.3 Å². The minimum absolute atomic E-state index is 0.0105. The number of carbonyl (C=O) groups is 1. The normalized spacial score (nSPS) is 11.2. The van der Waals surface area contributed by atoms with Gasteiger partial charge in [-0.2, -0.15) is 0 Å². The average Bonchev–Trinajstić information content (AvgIpc) is 2.64. The molecule has 0 aliphatic heterocycles. The van der Waals surface area contributed by atoms with Crippen LogP contribution in [0.15, 0.2) is 42.5 Å². The lowest BCUT2D eigenvalue weighted by Gasteiger charge is -2.23. The fraction of sp³-hybridized carbons (Fsp3) is 0.350. The summed E-state index contributed by atoms with van der Waals surface area (Å²) < 4.78 is 31.0. The summed E-state index contributed by atoms with van der Waals surface area (Å²) in [6, 6.07) is 11.1. The van der Waals surface area contributed by atoms with Gasteiger partial charge >= 0.3 is 0 Å². The quantitative estimate of drug-likeness (QED) is 0.478. The van der Waals surface area contributed by atoms with E-state index in [1.807, 2.05) is 26.0 Å². The Bertz CT molecular complexity index is 1040. The number of aryl methyl sites for hydroxylation is 1. The Balaban J connectivity index is 2.16. The number of nitrogens with one attached hydrogen (secondary N) is 1. The summed E-state index contributed by atoms with van der Waals surface area (Å²) in [7, 11) is -3.85. The summed E-state index contributed by atoms with van der Waals surface area (Å²) in [6.45, 7) is 5.12. The highest BCUT2D eigenvalue weighted by molar-refractivity contribution is 7.92. The molecule has 0 aromatic heterocycles. The van der Waals surface area contributed by atoms with Crippen molar-refractivity contribution in [3.05, 3.63) is 63.7 Å². The van der Waals surface area contributed by atoms with E-state index in [4.69, 9.17) is 4.74 Å². The Hall–Kier alpha value is -3.14. The van der Waals surface area contributed by atoms with Crippen molar-refractivity contribution in [2.75, 3.05) is 17.1 Å². The summed E-state index contributed by atoms with van der Waals surface area (Å²) in [5.74, 6) is 0.128. The maximum absolute atomic E-state index is 12.5. The maximum atomic E-state index is 12.5. The number of hydrogen-bond acceptors (Lipinski definition) is 6. The molecule has 162 valence electrons. The van der Waals surface area contributed by atoms with Gasteiger partial charge in [0.25, 0.3) is 5.69 Å². The summed E-state index contributed by atoms with van der Waals surface area (Å²) >= 11 is 0. The molecular weight excluding hydrogens is 410 g/mol. The first-order chi connectivity index (χ1) is 14.0. The van der Waals surface area contributed by atoms with Gasteiger partial charge < -0.3 is 10.1 Å². The molecule has 2 aromatic rings. The molecule has 0 heterocycles. The van der Waals surface area contributed by atoms with Crippen LogP contribution in [-0.4, -0.2) is 38.2 Å². The van der Waals surface area contributed by atoms with Crippen LogP contribution in [0.5, 0.6) is 5.75 Å². The largest absolute Gasteiger partial charge is 0.491 e. The molecule has 0 unspecified atom stereocenters. The molecule has 0 bridgehead atoms. The third-order valence-corrected chi connectivity index (χ3v) is 5.25. The van der Waals surface area contributed by atoms with Gasteiger partial charge in [0.05, 0.1) is 23.0 Å². The van der Waals surface area contributed by atoms with Crippen LogP contribution in [0.3, 0.4) is 0 Å². The molecule has 0 atom stereocenters. The first-order valence-electron chi connectivity index (χ1n) is 9.22. The van der Waals surface area contributed by atoms with Crippen molar-refractivity contribution in [3.8, 4) is 5.75 Å². The van der Waals surface area contributed by atoms with E-state index >= 15 is 0 Å². The molecule has 1 amide bonds. The second-order valence-electron chi connectivity index (χ2n) is 7.09. The standard InChI is InChI=1S/C20H25N3O6S/c1-14(2)29-18-7-5-6-16(10-18)12-21-20(24)13-22(30(4,27)28)19-11-17(23(25)26)9-8-15(19)3/h5-11,14H,12-13H2,1-4H3,(H,21,24). The first-order valence-corrected chi connectivity index (χ1v) is 11.1. The Kier molecular flexibility index (Phi) is 7.38. The highest BCUT2D eigenvalue weighted by atomic mass is 32.2. The number of amides is 1. The lowest BCUT2D eigenvalue weighted by molar-refractivity contribution is -0.384. The molecule has 2 aromatic carbocycles. The smallest absolute Gasteiger partial charge is 0.271 e. The summed E-state index contributed by atoms with van der Waals surface area (Å²) in [5, 5.41) is 13.7. The summed E-state index contributed by atoms with van der Waals surface area (Å²) in [4.78, 5) is 22.9. The zero-order chi connectivity index (χ0) is 22.5. The zero-order valence-electron chi connectivity index (χ0n) is 17.3. The van der Waals surface area contributed by atoms with Crippen molar-refractivity contribution >= 4 is 27.3 Å². The van der Waals surface area contributed by atoms with Gasteiger partial charge in [-0.3, -0.25) is 19.2 Å². The Morgan fingerprint density at radius 2 is 1.93 bits per heavy atom. The van der Waals surface area contributed by atoms with Crippen LogP contribution in [0.1, 0.15) is 25.0 Å². The van der Waals surface area contributed by atoms with Crippen molar-refractivity contribution < 1.29 is 22.9 Å². The predicted molar refractivity (Wildman–Crippen MR) is 114 cm³/mol. The van der Waals surface area contributed by atoms with Crippen molar-refractivity contribution in [1.29, 1.82) is 0 Å². The number of benzene rings is 2. The molecule has 1 N–H and O–H groups in total. The Labute approximate surface area is 175 Å². The molecule has 2 rings (SSSR count).